The molecule has 0 spiro atoms. The number of carboxylic acids is 1. The first-order valence-corrected chi connectivity index (χ1v) is 14.6. The van der Waals surface area contributed by atoms with Crippen molar-refractivity contribution in [3.05, 3.63) is 58.7 Å². The van der Waals surface area contributed by atoms with Crippen LogP contribution in [-0.4, -0.2) is 44.7 Å². The van der Waals surface area contributed by atoms with Crippen molar-refractivity contribution >= 4 is 22.0 Å². The van der Waals surface area contributed by atoms with Crippen molar-refractivity contribution in [3.8, 4) is 5.75 Å². The smallest absolute Gasteiger partial charge is 0.322 e. The zero-order valence-electron chi connectivity index (χ0n) is 23.6. The van der Waals surface area contributed by atoms with E-state index in [4.69, 9.17) is 20.7 Å². The molecule has 1 atom stereocenters. The molecule has 2 rings (SSSR count). The number of benzene rings is 2. The topological polar surface area (TPSA) is 164 Å². The Bertz CT molecular complexity index is 1200. The van der Waals surface area contributed by atoms with E-state index in [1.807, 2.05) is 39.8 Å². The second-order valence-electron chi connectivity index (χ2n) is 10.4. The van der Waals surface area contributed by atoms with Gasteiger partial charge in [0, 0.05) is 6.42 Å². The van der Waals surface area contributed by atoms with Gasteiger partial charge in [-0.3, -0.25) is 15.0 Å². The summed E-state index contributed by atoms with van der Waals surface area (Å²) in [6, 6.07) is 9.34. The van der Waals surface area contributed by atoms with Crippen molar-refractivity contribution < 1.29 is 27.9 Å². The maximum atomic E-state index is 13.7. The molecular formula is C28H42N4O6S. The monoisotopic (exact) mass is 562 g/mol. The van der Waals surface area contributed by atoms with Crippen LogP contribution < -0.4 is 20.7 Å². The predicted octanol–water partition coefficient (Wildman–Crippen LogP) is 4.21. The highest BCUT2D eigenvalue weighted by molar-refractivity contribution is 7.89. The molecule has 39 heavy (non-hydrogen) atoms. The van der Waals surface area contributed by atoms with Gasteiger partial charge >= 0.3 is 5.97 Å². The highest BCUT2D eigenvalue weighted by Crippen LogP contribution is 2.35. The lowest BCUT2D eigenvalue weighted by atomic mass is 9.89. The fourth-order valence-corrected chi connectivity index (χ4v) is 5.92. The van der Waals surface area contributed by atoms with E-state index in [9.17, 15) is 18.3 Å². The zero-order valence-corrected chi connectivity index (χ0v) is 24.4. The molecule has 0 radical (unpaired) electrons. The molecule has 0 aliphatic heterocycles. The average Bonchev–Trinajstić information content (AvgIpc) is 2.85. The quantitative estimate of drug-likeness (QED) is 0.0932. The van der Waals surface area contributed by atoms with Gasteiger partial charge in [-0.2, -0.15) is 4.72 Å². The molecule has 0 aliphatic carbocycles. The summed E-state index contributed by atoms with van der Waals surface area (Å²) in [4.78, 5) is 17.3. The van der Waals surface area contributed by atoms with Crippen molar-refractivity contribution in [3.63, 3.8) is 0 Å². The number of aliphatic carboxylic acids is 1. The Morgan fingerprint density at radius 3 is 2.00 bits per heavy atom. The first-order valence-electron chi connectivity index (χ1n) is 13.1. The van der Waals surface area contributed by atoms with Crippen molar-refractivity contribution in [2.45, 2.75) is 83.1 Å². The molecule has 0 amide bonds. The number of rotatable bonds is 15. The van der Waals surface area contributed by atoms with E-state index in [0.29, 0.717) is 42.1 Å². The van der Waals surface area contributed by atoms with Gasteiger partial charge in [-0.1, -0.05) is 65.8 Å². The summed E-state index contributed by atoms with van der Waals surface area (Å²) in [6.45, 7) is 12.6. The molecule has 6 N–H and O–H groups in total. The van der Waals surface area contributed by atoms with Crippen LogP contribution in [0.4, 0.5) is 0 Å². The summed E-state index contributed by atoms with van der Waals surface area (Å²) in [5.41, 5.74) is 10.4. The second-order valence-corrected chi connectivity index (χ2v) is 12.1. The third-order valence-electron chi connectivity index (χ3n) is 6.15. The van der Waals surface area contributed by atoms with Crippen LogP contribution >= 0.6 is 0 Å². The highest BCUT2D eigenvalue weighted by Gasteiger charge is 2.31. The Kier molecular flexibility index (Phi) is 11.8. The van der Waals surface area contributed by atoms with Crippen molar-refractivity contribution in [1.29, 1.82) is 5.41 Å². The molecular weight excluding hydrogens is 520 g/mol. The summed E-state index contributed by atoms with van der Waals surface area (Å²) in [7, 11) is -4.15. The fraction of sp³-hybridized carbons (Fsp3) is 0.500. The van der Waals surface area contributed by atoms with Gasteiger partial charge in [-0.25, -0.2) is 13.9 Å². The van der Waals surface area contributed by atoms with E-state index >= 15 is 0 Å². The van der Waals surface area contributed by atoms with Crippen molar-refractivity contribution in [2.24, 2.45) is 5.73 Å². The van der Waals surface area contributed by atoms with E-state index in [2.05, 4.69) is 24.0 Å². The molecule has 2 aromatic rings. The molecule has 0 saturated heterocycles. The Labute approximate surface area is 231 Å². The lowest BCUT2D eigenvalue weighted by molar-refractivity contribution is -0.138. The molecule has 0 fully saturated rings. The Morgan fingerprint density at radius 1 is 0.974 bits per heavy atom. The van der Waals surface area contributed by atoms with E-state index in [-0.39, 0.29) is 35.0 Å². The minimum absolute atomic E-state index is 0.0303. The van der Waals surface area contributed by atoms with Crippen LogP contribution in [0.1, 0.15) is 88.0 Å². The minimum atomic E-state index is -4.15. The van der Waals surface area contributed by atoms with Crippen LogP contribution in [0.15, 0.2) is 41.3 Å². The first kappa shape index (κ1) is 32.1. The van der Waals surface area contributed by atoms with Gasteiger partial charge in [-0.05, 0) is 58.6 Å². The Balaban J connectivity index is 2.21. The van der Waals surface area contributed by atoms with Crippen LogP contribution in [-0.2, 0) is 26.1 Å². The number of hydrogen-bond acceptors (Lipinski definition) is 6. The number of guanidine groups is 1. The summed E-state index contributed by atoms with van der Waals surface area (Å²) in [5, 5.41) is 16.9. The predicted molar refractivity (Wildman–Crippen MR) is 152 cm³/mol. The number of ether oxygens (including phenoxy) is 1. The van der Waals surface area contributed by atoms with Crippen LogP contribution in [0.2, 0.25) is 0 Å². The van der Waals surface area contributed by atoms with Gasteiger partial charge in [-0.15, -0.1) is 0 Å². The van der Waals surface area contributed by atoms with Crippen LogP contribution in [0, 0.1) is 5.41 Å². The van der Waals surface area contributed by atoms with E-state index in [0.717, 1.165) is 5.56 Å². The summed E-state index contributed by atoms with van der Waals surface area (Å²) >= 11 is 0. The third kappa shape index (κ3) is 9.52. The van der Waals surface area contributed by atoms with Gasteiger partial charge in [0.25, 0.3) is 0 Å². The van der Waals surface area contributed by atoms with Gasteiger partial charge in [0.2, 0.25) is 16.0 Å². The summed E-state index contributed by atoms with van der Waals surface area (Å²) in [6.07, 6.45) is 0.525. The van der Waals surface area contributed by atoms with E-state index < -0.39 is 22.0 Å². The second kappa shape index (κ2) is 14.3. The first-order chi connectivity index (χ1) is 18.2. The number of sulfonamides is 1. The standard InChI is InChI=1S/C28H42N4O6S/c1-17(2)21-15-23(18(3)4)26(24(16-21)19(5)6)39(35,36)32-25(27(33)34)14-20-8-10-22(11-9-20)37-12-7-13-38-31-28(29)30/h8-11,15-19,25,32H,7,12-14H2,1-6H3,(H,33,34)(H4,29,30,31)/t25-/m0/s1. The minimum Gasteiger partial charge on any atom is -0.494 e. The van der Waals surface area contributed by atoms with Crippen LogP contribution in [0.25, 0.3) is 0 Å². The molecule has 0 aliphatic rings. The maximum Gasteiger partial charge on any atom is 0.322 e. The fourth-order valence-electron chi connectivity index (χ4n) is 4.03. The number of nitrogens with two attached hydrogens (primary N) is 1. The maximum absolute atomic E-state index is 13.7. The highest BCUT2D eigenvalue weighted by atomic mass is 32.2. The molecule has 0 heterocycles. The number of carboxylic acid groups (broad SMARTS) is 1. The SMILES string of the molecule is CC(C)c1cc(C(C)C)c(S(=O)(=O)N[C@@H](Cc2ccc(OCCCONC(=N)N)cc2)C(=O)O)c(C(C)C)c1. The van der Waals surface area contributed by atoms with Gasteiger partial charge in [0.1, 0.15) is 11.8 Å². The van der Waals surface area contributed by atoms with Crippen molar-refractivity contribution in [2.75, 3.05) is 13.2 Å². The zero-order chi connectivity index (χ0) is 29.3. The van der Waals surface area contributed by atoms with Crippen LogP contribution in [0.5, 0.6) is 5.75 Å². The molecule has 0 unspecified atom stereocenters. The summed E-state index contributed by atoms with van der Waals surface area (Å²) < 4.78 is 35.6. The molecule has 11 heteroatoms. The third-order valence-corrected chi connectivity index (χ3v) is 7.75. The Morgan fingerprint density at radius 2 is 1.54 bits per heavy atom. The molecule has 216 valence electrons. The number of nitrogens with one attached hydrogen (secondary N) is 3. The molecule has 0 aromatic heterocycles. The number of carbonyl (C=O) groups is 1. The Hall–Kier alpha value is -3.15. The lowest BCUT2D eigenvalue weighted by Crippen LogP contribution is -2.43. The largest absolute Gasteiger partial charge is 0.494 e. The molecule has 10 nitrogen and oxygen atoms in total. The van der Waals surface area contributed by atoms with Gasteiger partial charge in [0.05, 0.1) is 18.1 Å². The van der Waals surface area contributed by atoms with Crippen molar-refractivity contribution in [1.82, 2.24) is 10.2 Å². The van der Waals surface area contributed by atoms with Crippen LogP contribution in [0.3, 0.4) is 0 Å². The van der Waals surface area contributed by atoms with Gasteiger partial charge < -0.3 is 15.6 Å². The molecule has 2 aromatic carbocycles. The van der Waals surface area contributed by atoms with Gasteiger partial charge in [0.15, 0.2) is 0 Å². The molecule has 0 saturated carbocycles. The summed E-state index contributed by atoms with van der Waals surface area (Å²) in [5.74, 6) is -0.868. The number of hydroxylamine groups is 1. The average molecular weight is 563 g/mol. The lowest BCUT2D eigenvalue weighted by Gasteiger charge is -2.24. The molecule has 0 bridgehead atoms. The van der Waals surface area contributed by atoms with E-state index in [1.165, 1.54) is 0 Å². The normalized spacial score (nSPS) is 12.6. The number of hydrogen-bond donors (Lipinski definition) is 5. The van der Waals surface area contributed by atoms with E-state index in [1.54, 1.807) is 24.3 Å².